The average Bonchev–Trinajstić information content (AvgIpc) is 2.71. The van der Waals surface area contributed by atoms with Crippen LogP contribution in [0.25, 0.3) is 11.5 Å². The number of pyridine rings is 1. The number of rotatable bonds is 6. The average molecular weight is 358 g/mol. The Kier molecular flexibility index (Phi) is 5.87. The van der Waals surface area contributed by atoms with E-state index in [-0.39, 0.29) is 12.5 Å². The Hall–Kier alpha value is -3.56. The number of carbonyl (C=O) groups is 1. The van der Waals surface area contributed by atoms with Crippen molar-refractivity contribution < 1.29 is 9.53 Å². The Morgan fingerprint density at radius 1 is 1.19 bits per heavy atom. The molecular formula is C21H18N4O2. The number of anilines is 1. The maximum atomic E-state index is 12.2. The highest BCUT2D eigenvalue weighted by atomic mass is 16.5. The second kappa shape index (κ2) is 8.70. The topological polar surface area (TPSA) is 77.0 Å². The van der Waals surface area contributed by atoms with Gasteiger partial charge in [0.05, 0.1) is 6.61 Å². The normalized spacial score (nSPS) is 10.2. The molecule has 0 aliphatic heterocycles. The van der Waals surface area contributed by atoms with E-state index in [9.17, 15) is 4.79 Å². The van der Waals surface area contributed by atoms with Crippen molar-refractivity contribution in [2.24, 2.45) is 0 Å². The molecule has 0 atom stereocenters. The van der Waals surface area contributed by atoms with Gasteiger partial charge in [0.1, 0.15) is 18.1 Å². The number of carbonyl (C=O) groups excluding carboxylic acids is 1. The molecule has 1 amide bonds. The van der Waals surface area contributed by atoms with Gasteiger partial charge in [-0.25, -0.2) is 9.97 Å². The SMILES string of the molecule is C#Cc1ccc(COCC(=O)Nc2nc(-c3ccccn3)ncc2C)cc1. The lowest BCUT2D eigenvalue weighted by Gasteiger charge is -2.09. The first-order chi connectivity index (χ1) is 13.2. The molecule has 3 aromatic rings. The molecule has 6 nitrogen and oxygen atoms in total. The van der Waals surface area contributed by atoms with Gasteiger partial charge in [-0.1, -0.05) is 24.1 Å². The van der Waals surface area contributed by atoms with E-state index in [1.807, 2.05) is 49.4 Å². The Morgan fingerprint density at radius 2 is 2.00 bits per heavy atom. The molecule has 0 saturated carbocycles. The van der Waals surface area contributed by atoms with Crippen molar-refractivity contribution in [2.45, 2.75) is 13.5 Å². The lowest BCUT2D eigenvalue weighted by atomic mass is 10.1. The molecule has 0 fully saturated rings. The predicted octanol–water partition coefficient (Wildman–Crippen LogP) is 2.98. The Balaban J connectivity index is 1.58. The number of aromatic nitrogens is 3. The molecule has 0 saturated heterocycles. The number of hydrogen-bond donors (Lipinski definition) is 1. The fraction of sp³-hybridized carbons (Fsp3) is 0.143. The van der Waals surface area contributed by atoms with Gasteiger partial charge in [0.15, 0.2) is 5.82 Å². The maximum Gasteiger partial charge on any atom is 0.251 e. The zero-order chi connectivity index (χ0) is 19.1. The van der Waals surface area contributed by atoms with Crippen molar-refractivity contribution in [3.63, 3.8) is 0 Å². The van der Waals surface area contributed by atoms with Gasteiger partial charge in [-0.05, 0) is 36.8 Å². The third kappa shape index (κ3) is 4.97. The highest BCUT2D eigenvalue weighted by Gasteiger charge is 2.10. The molecule has 2 aromatic heterocycles. The number of hydrogen-bond acceptors (Lipinski definition) is 5. The first kappa shape index (κ1) is 18.2. The van der Waals surface area contributed by atoms with E-state index in [1.54, 1.807) is 12.4 Å². The van der Waals surface area contributed by atoms with Crippen LogP contribution in [0.1, 0.15) is 16.7 Å². The monoisotopic (exact) mass is 358 g/mol. The second-order valence-corrected chi connectivity index (χ2v) is 5.82. The Morgan fingerprint density at radius 3 is 2.70 bits per heavy atom. The molecule has 1 aromatic carbocycles. The minimum atomic E-state index is -0.288. The molecule has 27 heavy (non-hydrogen) atoms. The molecule has 134 valence electrons. The number of ether oxygens (including phenoxy) is 1. The molecular weight excluding hydrogens is 340 g/mol. The molecule has 0 aliphatic carbocycles. The van der Waals surface area contributed by atoms with Crippen molar-refractivity contribution in [3.05, 3.63) is 71.5 Å². The van der Waals surface area contributed by atoms with Crippen molar-refractivity contribution in [1.82, 2.24) is 15.0 Å². The summed E-state index contributed by atoms with van der Waals surface area (Å²) in [5.74, 6) is 3.16. The number of aryl methyl sites for hydroxylation is 1. The van der Waals surface area contributed by atoms with E-state index < -0.39 is 0 Å². The van der Waals surface area contributed by atoms with E-state index in [0.717, 1.165) is 16.7 Å². The first-order valence-corrected chi connectivity index (χ1v) is 8.34. The number of benzene rings is 1. The smallest absolute Gasteiger partial charge is 0.251 e. The summed E-state index contributed by atoms with van der Waals surface area (Å²) < 4.78 is 5.46. The second-order valence-electron chi connectivity index (χ2n) is 5.82. The summed E-state index contributed by atoms with van der Waals surface area (Å²) in [7, 11) is 0. The Labute approximate surface area is 157 Å². The van der Waals surface area contributed by atoms with Crippen LogP contribution in [0.15, 0.2) is 54.9 Å². The number of nitrogens with one attached hydrogen (secondary N) is 1. The van der Waals surface area contributed by atoms with Crippen LogP contribution in [0.5, 0.6) is 0 Å². The van der Waals surface area contributed by atoms with Crippen LogP contribution in [0, 0.1) is 19.3 Å². The molecule has 0 radical (unpaired) electrons. The molecule has 1 N–H and O–H groups in total. The van der Waals surface area contributed by atoms with Gasteiger partial charge in [-0.15, -0.1) is 6.42 Å². The number of amides is 1. The van der Waals surface area contributed by atoms with Gasteiger partial charge < -0.3 is 10.1 Å². The van der Waals surface area contributed by atoms with Crippen LogP contribution in [0.4, 0.5) is 5.82 Å². The van der Waals surface area contributed by atoms with Crippen LogP contribution in [-0.2, 0) is 16.1 Å². The Bertz CT molecular complexity index is 964. The van der Waals surface area contributed by atoms with E-state index in [2.05, 4.69) is 26.2 Å². The van der Waals surface area contributed by atoms with Crippen molar-refractivity contribution in [3.8, 4) is 23.9 Å². The van der Waals surface area contributed by atoms with Crippen LogP contribution >= 0.6 is 0 Å². The largest absolute Gasteiger partial charge is 0.367 e. The highest BCUT2D eigenvalue weighted by Crippen LogP contribution is 2.16. The minimum Gasteiger partial charge on any atom is -0.367 e. The molecule has 0 unspecified atom stereocenters. The highest BCUT2D eigenvalue weighted by molar-refractivity contribution is 5.91. The van der Waals surface area contributed by atoms with Gasteiger partial charge in [0.25, 0.3) is 5.91 Å². The fourth-order valence-electron chi connectivity index (χ4n) is 2.31. The van der Waals surface area contributed by atoms with Crippen LogP contribution < -0.4 is 5.32 Å². The summed E-state index contributed by atoms with van der Waals surface area (Å²) in [4.78, 5) is 25.0. The van der Waals surface area contributed by atoms with E-state index in [1.165, 1.54) is 0 Å². The standard InChI is InChI=1S/C21H18N4O2/c1-3-16-7-9-17(10-8-16)13-27-14-19(26)24-20-15(2)12-23-21(25-20)18-6-4-5-11-22-18/h1,4-12H,13-14H2,2H3,(H,23,24,25,26). The quantitative estimate of drug-likeness (QED) is 0.686. The summed E-state index contributed by atoms with van der Waals surface area (Å²) >= 11 is 0. The van der Waals surface area contributed by atoms with Gasteiger partial charge in [0, 0.05) is 23.5 Å². The summed E-state index contributed by atoms with van der Waals surface area (Å²) in [6, 6.07) is 12.9. The first-order valence-electron chi connectivity index (χ1n) is 8.34. The van der Waals surface area contributed by atoms with Crippen molar-refractivity contribution >= 4 is 11.7 Å². The molecule has 6 heteroatoms. The van der Waals surface area contributed by atoms with Gasteiger partial charge in [-0.2, -0.15) is 0 Å². The van der Waals surface area contributed by atoms with Crippen LogP contribution in [0.3, 0.4) is 0 Å². The van der Waals surface area contributed by atoms with Crippen LogP contribution in [-0.4, -0.2) is 27.5 Å². The zero-order valence-electron chi connectivity index (χ0n) is 14.8. The molecule has 2 heterocycles. The predicted molar refractivity (Wildman–Crippen MR) is 103 cm³/mol. The lowest BCUT2D eigenvalue weighted by Crippen LogP contribution is -2.20. The van der Waals surface area contributed by atoms with Gasteiger partial charge in [0.2, 0.25) is 0 Å². The third-order valence-corrected chi connectivity index (χ3v) is 3.75. The van der Waals surface area contributed by atoms with Gasteiger partial charge in [-0.3, -0.25) is 9.78 Å². The van der Waals surface area contributed by atoms with Crippen molar-refractivity contribution in [1.29, 1.82) is 0 Å². The molecule has 0 spiro atoms. The van der Waals surface area contributed by atoms with Crippen molar-refractivity contribution in [2.75, 3.05) is 11.9 Å². The lowest BCUT2D eigenvalue weighted by molar-refractivity contribution is -0.121. The van der Waals surface area contributed by atoms with E-state index >= 15 is 0 Å². The fourth-order valence-corrected chi connectivity index (χ4v) is 2.31. The van der Waals surface area contributed by atoms with E-state index in [4.69, 9.17) is 11.2 Å². The molecule has 3 rings (SSSR count). The van der Waals surface area contributed by atoms with E-state index in [0.29, 0.717) is 23.9 Å². The maximum absolute atomic E-state index is 12.2. The molecule has 0 bridgehead atoms. The third-order valence-electron chi connectivity index (χ3n) is 3.75. The summed E-state index contributed by atoms with van der Waals surface area (Å²) in [5, 5.41) is 2.76. The van der Waals surface area contributed by atoms with Crippen LogP contribution in [0.2, 0.25) is 0 Å². The summed E-state index contributed by atoms with van der Waals surface area (Å²) in [5.41, 5.74) is 3.14. The number of nitrogens with zero attached hydrogens (tertiary/aromatic N) is 3. The number of terminal acetylenes is 1. The summed E-state index contributed by atoms with van der Waals surface area (Å²) in [6.45, 7) is 2.06. The summed E-state index contributed by atoms with van der Waals surface area (Å²) in [6.07, 6.45) is 8.65. The minimum absolute atomic E-state index is 0.0841. The van der Waals surface area contributed by atoms with Gasteiger partial charge >= 0.3 is 0 Å². The molecule has 0 aliphatic rings. The zero-order valence-corrected chi connectivity index (χ0v) is 14.8.